The topological polar surface area (TPSA) is 37.3 Å². The fraction of sp³-hybridized carbons (Fsp3) is 0.667. The van der Waals surface area contributed by atoms with E-state index in [9.17, 15) is 9.18 Å². The lowest BCUT2D eigenvalue weighted by Crippen LogP contribution is -2.27. The summed E-state index contributed by atoms with van der Waals surface area (Å²) in [5.74, 6) is -1.41. The number of rotatable bonds is 2. The van der Waals surface area contributed by atoms with Crippen molar-refractivity contribution < 1.29 is 14.3 Å². The van der Waals surface area contributed by atoms with Crippen LogP contribution in [0.3, 0.4) is 0 Å². The number of carboxylic acids is 1. The molecule has 0 bridgehead atoms. The Labute approximate surface area is 73.1 Å². The molecule has 1 unspecified atom stereocenters. The molecule has 0 radical (unpaired) electrons. The molecular formula is C3H3FI2O2. The molecule has 0 saturated carbocycles. The number of hydrogen-bond donors (Lipinski definition) is 1. The normalized spacial score (nSPS) is 17.4. The SMILES string of the molecule is O=C(O)C(F)(I)CI. The van der Waals surface area contributed by atoms with Crippen molar-refractivity contribution in [1.82, 2.24) is 0 Å². The highest BCUT2D eigenvalue weighted by molar-refractivity contribution is 14.1. The second kappa shape index (κ2) is 3.14. The van der Waals surface area contributed by atoms with Crippen molar-refractivity contribution in [3.63, 3.8) is 0 Å². The Morgan fingerprint density at radius 1 is 1.88 bits per heavy atom. The van der Waals surface area contributed by atoms with Gasteiger partial charge in [0.25, 0.3) is 3.68 Å². The van der Waals surface area contributed by atoms with Gasteiger partial charge in [0.1, 0.15) is 0 Å². The first kappa shape index (κ1) is 8.86. The van der Waals surface area contributed by atoms with Crippen LogP contribution >= 0.6 is 45.2 Å². The molecule has 0 aliphatic heterocycles. The molecular weight excluding hydrogens is 341 g/mol. The summed E-state index contributed by atoms with van der Waals surface area (Å²) in [4.78, 5) is 9.86. The van der Waals surface area contributed by atoms with Crippen molar-refractivity contribution in [1.29, 1.82) is 0 Å². The predicted octanol–water partition coefficient (Wildman–Crippen LogP) is 1.61. The van der Waals surface area contributed by atoms with Crippen LogP contribution in [0.2, 0.25) is 0 Å². The second-order valence-corrected chi connectivity index (χ2v) is 3.62. The summed E-state index contributed by atoms with van der Waals surface area (Å²) in [6.07, 6.45) is 0. The molecule has 8 heavy (non-hydrogen) atoms. The van der Waals surface area contributed by atoms with Gasteiger partial charge >= 0.3 is 5.97 Å². The number of carboxylic acid groups (broad SMARTS) is 1. The third-order valence-corrected chi connectivity index (χ3v) is 3.83. The van der Waals surface area contributed by atoms with E-state index < -0.39 is 9.64 Å². The van der Waals surface area contributed by atoms with Gasteiger partial charge in [0.05, 0.1) is 4.43 Å². The van der Waals surface area contributed by atoms with Gasteiger partial charge in [-0.3, -0.25) is 0 Å². The van der Waals surface area contributed by atoms with Crippen molar-refractivity contribution in [3.8, 4) is 0 Å². The number of carbonyl (C=O) groups is 1. The molecule has 0 aliphatic rings. The molecule has 2 nitrogen and oxygen atoms in total. The Balaban J connectivity index is 3.91. The molecule has 0 aliphatic carbocycles. The lowest BCUT2D eigenvalue weighted by Gasteiger charge is -2.06. The van der Waals surface area contributed by atoms with Gasteiger partial charge < -0.3 is 5.11 Å². The average molecular weight is 344 g/mol. The molecule has 0 amide bonds. The lowest BCUT2D eigenvalue weighted by molar-refractivity contribution is -0.142. The van der Waals surface area contributed by atoms with E-state index >= 15 is 0 Å². The summed E-state index contributed by atoms with van der Waals surface area (Å²) in [5.41, 5.74) is 0. The first-order valence-corrected chi connectivity index (χ1v) is 4.28. The van der Waals surface area contributed by atoms with Crippen LogP contribution in [0, 0.1) is 0 Å². The van der Waals surface area contributed by atoms with E-state index in [0.717, 1.165) is 0 Å². The van der Waals surface area contributed by atoms with Gasteiger partial charge in [0.15, 0.2) is 0 Å². The van der Waals surface area contributed by atoms with Crippen molar-refractivity contribution in [2.75, 3.05) is 4.43 Å². The van der Waals surface area contributed by atoms with Gasteiger partial charge in [-0.1, -0.05) is 22.6 Å². The van der Waals surface area contributed by atoms with Gasteiger partial charge in [0.2, 0.25) is 0 Å². The maximum atomic E-state index is 12.3. The van der Waals surface area contributed by atoms with E-state index in [1.165, 1.54) is 22.6 Å². The maximum absolute atomic E-state index is 12.3. The van der Waals surface area contributed by atoms with Crippen LogP contribution in [0.4, 0.5) is 4.39 Å². The average Bonchev–Trinajstić information content (AvgIpc) is 1.67. The minimum absolute atomic E-state index is 0.0271. The third kappa shape index (κ3) is 2.42. The van der Waals surface area contributed by atoms with Crippen molar-refractivity contribution in [2.45, 2.75) is 3.68 Å². The third-order valence-electron chi connectivity index (χ3n) is 0.481. The Morgan fingerprint density at radius 3 is 2.25 bits per heavy atom. The van der Waals surface area contributed by atoms with E-state index in [0.29, 0.717) is 0 Å². The quantitative estimate of drug-likeness (QED) is 0.611. The zero-order valence-corrected chi connectivity index (χ0v) is 8.01. The van der Waals surface area contributed by atoms with Crippen LogP contribution in [0.15, 0.2) is 0 Å². The highest BCUT2D eigenvalue weighted by atomic mass is 127. The summed E-state index contributed by atoms with van der Waals surface area (Å²) in [6, 6.07) is 0. The predicted molar refractivity (Wildman–Crippen MR) is 44.4 cm³/mol. The van der Waals surface area contributed by atoms with Crippen LogP contribution in [-0.4, -0.2) is 19.2 Å². The molecule has 0 aromatic heterocycles. The Morgan fingerprint density at radius 2 is 2.25 bits per heavy atom. The van der Waals surface area contributed by atoms with Crippen LogP contribution in [0.5, 0.6) is 0 Å². The van der Waals surface area contributed by atoms with Crippen molar-refractivity contribution in [2.24, 2.45) is 0 Å². The Kier molecular flexibility index (Phi) is 3.47. The van der Waals surface area contributed by atoms with E-state index in [4.69, 9.17) is 5.11 Å². The first-order valence-electron chi connectivity index (χ1n) is 1.68. The molecule has 1 N–H and O–H groups in total. The molecule has 5 heteroatoms. The van der Waals surface area contributed by atoms with E-state index in [2.05, 4.69) is 0 Å². The Bertz CT molecular complexity index is 103. The number of hydrogen-bond acceptors (Lipinski definition) is 1. The van der Waals surface area contributed by atoms with Gasteiger partial charge in [0, 0.05) is 0 Å². The summed E-state index contributed by atoms with van der Waals surface area (Å²) < 4.78 is 10.2. The van der Waals surface area contributed by atoms with Crippen LogP contribution in [0.25, 0.3) is 0 Å². The van der Waals surface area contributed by atoms with Gasteiger partial charge in [-0.05, 0) is 22.6 Å². The fourth-order valence-corrected chi connectivity index (χ4v) is 0.383. The summed E-state index contributed by atoms with van der Waals surface area (Å²) in [5, 5.41) is 8.05. The summed E-state index contributed by atoms with van der Waals surface area (Å²) >= 11 is 2.94. The standard InChI is InChI=1S/C3H3FI2O2/c4-3(6,1-5)2(7)8/h1H2,(H,7,8). The zero-order valence-electron chi connectivity index (χ0n) is 3.70. The van der Waals surface area contributed by atoms with Gasteiger partial charge in [-0.2, -0.15) is 0 Å². The van der Waals surface area contributed by atoms with Crippen molar-refractivity contribution in [3.05, 3.63) is 0 Å². The van der Waals surface area contributed by atoms with Crippen molar-refractivity contribution >= 4 is 51.2 Å². The molecule has 0 aromatic rings. The minimum Gasteiger partial charge on any atom is -0.478 e. The number of aliphatic carboxylic acids is 1. The largest absolute Gasteiger partial charge is 0.478 e. The first-order chi connectivity index (χ1) is 3.50. The lowest BCUT2D eigenvalue weighted by atomic mass is 10.5. The summed E-state index contributed by atoms with van der Waals surface area (Å²) in [7, 11) is 0. The highest BCUT2D eigenvalue weighted by Gasteiger charge is 2.33. The molecule has 1 atom stereocenters. The van der Waals surface area contributed by atoms with Crippen LogP contribution < -0.4 is 0 Å². The summed E-state index contributed by atoms with van der Waals surface area (Å²) in [6.45, 7) is 0. The molecule has 0 saturated heterocycles. The van der Waals surface area contributed by atoms with Crippen LogP contribution in [-0.2, 0) is 4.79 Å². The van der Waals surface area contributed by atoms with Crippen LogP contribution in [0.1, 0.15) is 0 Å². The van der Waals surface area contributed by atoms with Gasteiger partial charge in [-0.15, -0.1) is 0 Å². The van der Waals surface area contributed by atoms with E-state index in [1.807, 2.05) is 0 Å². The molecule has 48 valence electrons. The van der Waals surface area contributed by atoms with E-state index in [1.54, 1.807) is 22.6 Å². The number of alkyl halides is 3. The fourth-order valence-electron chi connectivity index (χ4n) is 0.0572. The van der Waals surface area contributed by atoms with E-state index in [-0.39, 0.29) is 4.43 Å². The van der Waals surface area contributed by atoms with Gasteiger partial charge in [-0.25, -0.2) is 9.18 Å². The second-order valence-electron chi connectivity index (χ2n) is 1.14. The smallest absolute Gasteiger partial charge is 0.352 e. The maximum Gasteiger partial charge on any atom is 0.352 e. The Hall–Kier alpha value is 0.860. The monoisotopic (exact) mass is 344 g/mol. The molecule has 0 aromatic carbocycles. The zero-order chi connectivity index (χ0) is 6.78. The minimum atomic E-state index is -2.08. The molecule has 0 rings (SSSR count). The molecule has 0 fully saturated rings. The highest BCUT2D eigenvalue weighted by Crippen LogP contribution is 2.23. The number of halogens is 3. The molecule has 0 heterocycles. The molecule has 0 spiro atoms.